The number of hydrazine groups is 1. The van der Waals surface area contributed by atoms with E-state index in [2.05, 4.69) is 23.1 Å². The van der Waals surface area contributed by atoms with E-state index in [-0.39, 0.29) is 6.54 Å². The first-order valence-corrected chi connectivity index (χ1v) is 8.89. The highest BCUT2D eigenvalue weighted by molar-refractivity contribution is 7.14. The molecule has 7 nitrogen and oxygen atoms in total. The number of nitrogens with one attached hydrogen (secondary N) is 3. The summed E-state index contributed by atoms with van der Waals surface area (Å²) in [4.78, 5) is 37.2. The van der Waals surface area contributed by atoms with Crippen LogP contribution in [0.15, 0.2) is 28.9 Å². The number of hydrogen-bond donors (Lipinski definition) is 3. The molecule has 25 heavy (non-hydrogen) atoms. The minimum atomic E-state index is -0.944. The zero-order valence-corrected chi connectivity index (χ0v) is 15.0. The van der Waals surface area contributed by atoms with Crippen LogP contribution in [0.2, 0.25) is 0 Å². The Bertz CT molecular complexity index is 737. The number of carbonyl (C=O) groups excluding carboxylic acids is 3. The maximum Gasteiger partial charge on any atom is 0.327 e. The fraction of sp³-hybridized carbons (Fsp3) is 0.353. The van der Waals surface area contributed by atoms with Crippen molar-refractivity contribution in [2.24, 2.45) is 0 Å². The van der Waals surface area contributed by atoms with Crippen molar-refractivity contribution < 1.29 is 18.8 Å². The summed E-state index contributed by atoms with van der Waals surface area (Å²) >= 11 is 1.41. The molecule has 0 fully saturated rings. The average molecular weight is 363 g/mol. The van der Waals surface area contributed by atoms with Crippen LogP contribution < -0.4 is 16.2 Å². The van der Waals surface area contributed by atoms with Gasteiger partial charge in [-0.15, -0.1) is 11.3 Å². The largest absolute Gasteiger partial charge is 0.467 e. The highest BCUT2D eigenvalue weighted by Crippen LogP contribution is 2.24. The molecule has 0 atom stereocenters. The molecule has 2 aromatic rings. The van der Waals surface area contributed by atoms with Crippen LogP contribution in [-0.2, 0) is 29.0 Å². The summed E-state index contributed by atoms with van der Waals surface area (Å²) < 4.78 is 5.05. The van der Waals surface area contributed by atoms with Gasteiger partial charge in [0.25, 0.3) is 5.91 Å². The van der Waals surface area contributed by atoms with Gasteiger partial charge in [0.15, 0.2) is 0 Å². The SMILES string of the molecule is CCCc1sc(C(=O)NNC(=O)C(=O)NCc2ccco2)cc1CC. The molecule has 0 spiro atoms. The molecule has 0 aliphatic carbocycles. The van der Waals surface area contributed by atoms with E-state index in [1.807, 2.05) is 13.0 Å². The molecule has 0 aromatic carbocycles. The Hall–Kier alpha value is -2.61. The van der Waals surface area contributed by atoms with Gasteiger partial charge in [0.1, 0.15) is 5.76 Å². The summed E-state index contributed by atoms with van der Waals surface area (Å²) in [5, 5.41) is 2.39. The Morgan fingerprint density at radius 2 is 1.96 bits per heavy atom. The van der Waals surface area contributed by atoms with E-state index in [1.54, 1.807) is 12.1 Å². The Labute approximate surface area is 149 Å². The van der Waals surface area contributed by atoms with E-state index >= 15 is 0 Å². The predicted molar refractivity (Wildman–Crippen MR) is 93.9 cm³/mol. The van der Waals surface area contributed by atoms with Crippen LogP contribution in [0, 0.1) is 0 Å². The third-order valence-corrected chi connectivity index (χ3v) is 4.71. The summed E-state index contributed by atoms with van der Waals surface area (Å²) in [5.41, 5.74) is 5.52. The fourth-order valence-corrected chi connectivity index (χ4v) is 3.46. The average Bonchev–Trinajstić information content (AvgIpc) is 3.27. The number of furan rings is 1. The third-order valence-electron chi connectivity index (χ3n) is 3.48. The first kappa shape index (κ1) is 18.7. The predicted octanol–water partition coefficient (Wildman–Crippen LogP) is 1.93. The molecule has 2 heterocycles. The first-order chi connectivity index (χ1) is 12.0. The van der Waals surface area contributed by atoms with Gasteiger partial charge in [0.2, 0.25) is 0 Å². The minimum absolute atomic E-state index is 0.0956. The van der Waals surface area contributed by atoms with Gasteiger partial charge in [0, 0.05) is 4.88 Å². The lowest BCUT2D eigenvalue weighted by Gasteiger charge is -2.06. The molecule has 8 heteroatoms. The lowest BCUT2D eigenvalue weighted by molar-refractivity contribution is -0.139. The maximum atomic E-state index is 12.1. The van der Waals surface area contributed by atoms with Crippen molar-refractivity contribution in [1.29, 1.82) is 0 Å². The molecule has 0 radical (unpaired) electrons. The first-order valence-electron chi connectivity index (χ1n) is 8.07. The second-order valence-corrected chi connectivity index (χ2v) is 6.47. The molecular formula is C17H21N3O4S. The van der Waals surface area contributed by atoms with E-state index in [1.165, 1.54) is 22.5 Å². The molecule has 2 aromatic heterocycles. The van der Waals surface area contributed by atoms with Crippen LogP contribution in [0.25, 0.3) is 0 Å². The van der Waals surface area contributed by atoms with Crippen molar-refractivity contribution in [2.75, 3.05) is 0 Å². The topological polar surface area (TPSA) is 100 Å². The van der Waals surface area contributed by atoms with Crippen LogP contribution in [0.3, 0.4) is 0 Å². The molecule has 0 saturated heterocycles. The van der Waals surface area contributed by atoms with Crippen LogP contribution in [-0.4, -0.2) is 17.7 Å². The molecule has 134 valence electrons. The summed E-state index contributed by atoms with van der Waals surface area (Å²) in [6.45, 7) is 4.22. The Morgan fingerprint density at radius 3 is 2.60 bits per heavy atom. The highest BCUT2D eigenvalue weighted by Gasteiger charge is 2.17. The second kappa shape index (κ2) is 9.03. The Balaban J connectivity index is 1.84. The molecule has 3 N–H and O–H groups in total. The number of amides is 3. The van der Waals surface area contributed by atoms with Crippen LogP contribution in [0.4, 0.5) is 0 Å². The smallest absolute Gasteiger partial charge is 0.327 e. The van der Waals surface area contributed by atoms with Gasteiger partial charge in [0.05, 0.1) is 17.7 Å². The molecule has 0 saturated carbocycles. The lowest BCUT2D eigenvalue weighted by atomic mass is 10.1. The molecule has 3 amide bonds. The Morgan fingerprint density at radius 1 is 1.16 bits per heavy atom. The van der Waals surface area contributed by atoms with E-state index < -0.39 is 17.7 Å². The summed E-state index contributed by atoms with van der Waals surface area (Å²) in [6, 6.07) is 5.18. The molecular weight excluding hydrogens is 342 g/mol. The van der Waals surface area contributed by atoms with Gasteiger partial charge in [-0.2, -0.15) is 0 Å². The van der Waals surface area contributed by atoms with Crippen molar-refractivity contribution in [1.82, 2.24) is 16.2 Å². The van der Waals surface area contributed by atoms with Gasteiger partial charge in [-0.1, -0.05) is 20.3 Å². The summed E-state index contributed by atoms with van der Waals surface area (Å²) in [6.07, 6.45) is 4.24. The summed E-state index contributed by atoms with van der Waals surface area (Å²) in [5.74, 6) is -1.71. The molecule has 0 aliphatic heterocycles. The monoisotopic (exact) mass is 363 g/mol. The van der Waals surface area contributed by atoms with Gasteiger partial charge in [-0.05, 0) is 36.6 Å². The summed E-state index contributed by atoms with van der Waals surface area (Å²) in [7, 11) is 0. The van der Waals surface area contributed by atoms with Crippen LogP contribution in [0.1, 0.15) is 46.1 Å². The van der Waals surface area contributed by atoms with E-state index in [4.69, 9.17) is 4.42 Å². The maximum absolute atomic E-state index is 12.1. The van der Waals surface area contributed by atoms with E-state index in [0.29, 0.717) is 10.6 Å². The van der Waals surface area contributed by atoms with Gasteiger partial charge in [-0.25, -0.2) is 0 Å². The van der Waals surface area contributed by atoms with E-state index in [9.17, 15) is 14.4 Å². The quantitative estimate of drug-likeness (QED) is 0.539. The molecule has 0 aliphatic rings. The van der Waals surface area contributed by atoms with Crippen molar-refractivity contribution >= 4 is 29.1 Å². The van der Waals surface area contributed by atoms with Gasteiger partial charge in [-0.3, -0.25) is 25.2 Å². The highest BCUT2D eigenvalue weighted by atomic mass is 32.1. The molecule has 0 unspecified atom stereocenters. The molecule has 0 bridgehead atoms. The number of rotatable bonds is 6. The second-order valence-electron chi connectivity index (χ2n) is 5.33. The number of hydrogen-bond acceptors (Lipinski definition) is 5. The fourth-order valence-electron chi connectivity index (χ4n) is 2.21. The van der Waals surface area contributed by atoms with Crippen LogP contribution >= 0.6 is 11.3 Å². The van der Waals surface area contributed by atoms with Crippen molar-refractivity contribution in [3.8, 4) is 0 Å². The van der Waals surface area contributed by atoms with Crippen LogP contribution in [0.5, 0.6) is 0 Å². The number of carbonyl (C=O) groups is 3. The number of aryl methyl sites for hydroxylation is 2. The third kappa shape index (κ3) is 5.18. The Kier molecular flexibility index (Phi) is 6.76. The normalized spacial score (nSPS) is 10.3. The van der Waals surface area contributed by atoms with Crippen molar-refractivity contribution in [2.45, 2.75) is 39.7 Å². The standard InChI is InChI=1S/C17H21N3O4S/c1-3-6-13-11(4-2)9-14(25-13)15(21)19-20-17(23)16(22)18-10-12-7-5-8-24-12/h5,7-9H,3-4,6,10H2,1-2H3,(H,18,22)(H,19,21)(H,20,23). The van der Waals surface area contributed by atoms with Crippen molar-refractivity contribution in [3.05, 3.63) is 45.5 Å². The zero-order valence-electron chi connectivity index (χ0n) is 14.2. The number of thiophene rings is 1. The van der Waals surface area contributed by atoms with Crippen molar-refractivity contribution in [3.63, 3.8) is 0 Å². The van der Waals surface area contributed by atoms with Gasteiger partial charge >= 0.3 is 11.8 Å². The van der Waals surface area contributed by atoms with Gasteiger partial charge < -0.3 is 9.73 Å². The lowest BCUT2D eigenvalue weighted by Crippen LogP contribution is -2.48. The van der Waals surface area contributed by atoms with E-state index in [0.717, 1.165) is 24.8 Å². The molecule has 2 rings (SSSR count). The minimum Gasteiger partial charge on any atom is -0.467 e. The zero-order chi connectivity index (χ0) is 18.2.